The topological polar surface area (TPSA) is 32.3 Å². The lowest BCUT2D eigenvalue weighted by Gasteiger charge is -2.17. The summed E-state index contributed by atoms with van der Waals surface area (Å²) in [4.78, 5) is 0. The molecule has 0 fully saturated rings. The summed E-state index contributed by atoms with van der Waals surface area (Å²) in [5.41, 5.74) is 2.70. The number of halogens is 1. The minimum atomic E-state index is -0.691. The molecule has 2 nitrogen and oxygen atoms in total. The first-order valence-corrected chi connectivity index (χ1v) is 6.26. The summed E-state index contributed by atoms with van der Waals surface area (Å²) >= 11 is 6.12. The van der Waals surface area contributed by atoms with Crippen molar-refractivity contribution in [3.63, 3.8) is 0 Å². The Balaban J connectivity index is 2.40. The Morgan fingerprint density at radius 1 is 1.06 bits per heavy atom. The molecule has 0 saturated heterocycles. The summed E-state index contributed by atoms with van der Waals surface area (Å²) in [7, 11) is 1.89. The van der Waals surface area contributed by atoms with Gasteiger partial charge in [0.05, 0.1) is 0 Å². The maximum absolute atomic E-state index is 10.5. The highest BCUT2D eigenvalue weighted by molar-refractivity contribution is 6.31. The van der Waals surface area contributed by atoms with E-state index in [1.54, 1.807) is 6.07 Å². The lowest BCUT2D eigenvalue weighted by molar-refractivity contribution is 0.219. The van der Waals surface area contributed by atoms with Crippen LogP contribution >= 0.6 is 11.6 Å². The van der Waals surface area contributed by atoms with E-state index >= 15 is 0 Å². The quantitative estimate of drug-likeness (QED) is 0.886. The van der Waals surface area contributed by atoms with Gasteiger partial charge in [-0.25, -0.2) is 0 Å². The van der Waals surface area contributed by atoms with Crippen molar-refractivity contribution in [2.75, 3.05) is 7.05 Å². The molecule has 18 heavy (non-hydrogen) atoms. The van der Waals surface area contributed by atoms with Crippen molar-refractivity contribution < 1.29 is 5.11 Å². The van der Waals surface area contributed by atoms with Crippen molar-refractivity contribution in [1.82, 2.24) is 5.32 Å². The monoisotopic (exact) mass is 261 g/mol. The van der Waals surface area contributed by atoms with E-state index in [4.69, 9.17) is 11.6 Å². The van der Waals surface area contributed by atoms with Crippen LogP contribution in [0, 0.1) is 0 Å². The number of aliphatic hydroxyl groups is 1. The number of hydrogen-bond acceptors (Lipinski definition) is 2. The van der Waals surface area contributed by atoms with Crippen LogP contribution in [0.1, 0.15) is 22.8 Å². The standard InChI is InChI=1S/C15H16ClNO/c1-17-10-11-6-2-3-7-12(11)15(18)13-8-4-5-9-14(13)16/h2-9,15,17-18H,10H2,1H3/t15-/m0/s1. The molecule has 0 amide bonds. The fourth-order valence-electron chi connectivity index (χ4n) is 2.02. The highest BCUT2D eigenvalue weighted by Crippen LogP contribution is 2.29. The van der Waals surface area contributed by atoms with Gasteiger partial charge in [0.15, 0.2) is 0 Å². The molecule has 0 spiro atoms. The molecule has 0 unspecified atom stereocenters. The summed E-state index contributed by atoms with van der Waals surface area (Å²) in [6.45, 7) is 0.720. The number of rotatable bonds is 4. The van der Waals surface area contributed by atoms with Crippen LogP contribution in [0.2, 0.25) is 5.02 Å². The first-order valence-electron chi connectivity index (χ1n) is 5.89. The molecule has 0 aliphatic rings. The highest BCUT2D eigenvalue weighted by atomic mass is 35.5. The maximum atomic E-state index is 10.5. The van der Waals surface area contributed by atoms with Crippen LogP contribution in [-0.4, -0.2) is 12.2 Å². The summed E-state index contributed by atoms with van der Waals surface area (Å²) in [6, 6.07) is 15.2. The number of benzene rings is 2. The van der Waals surface area contributed by atoms with Crippen molar-refractivity contribution in [3.05, 3.63) is 70.2 Å². The smallest absolute Gasteiger partial charge is 0.106 e. The second-order valence-electron chi connectivity index (χ2n) is 4.15. The molecule has 0 saturated carbocycles. The molecule has 94 valence electrons. The van der Waals surface area contributed by atoms with E-state index in [0.717, 1.165) is 23.2 Å². The average molecular weight is 262 g/mol. The third kappa shape index (κ3) is 2.72. The summed E-state index contributed by atoms with van der Waals surface area (Å²) < 4.78 is 0. The SMILES string of the molecule is CNCc1ccccc1[C@H](O)c1ccccc1Cl. The normalized spacial score (nSPS) is 12.4. The van der Waals surface area contributed by atoms with E-state index in [1.807, 2.05) is 49.5 Å². The minimum absolute atomic E-state index is 0.587. The van der Waals surface area contributed by atoms with Gasteiger partial charge in [-0.1, -0.05) is 54.1 Å². The molecule has 0 aliphatic heterocycles. The number of aliphatic hydroxyl groups excluding tert-OH is 1. The molecule has 2 rings (SSSR count). The third-order valence-electron chi connectivity index (χ3n) is 2.92. The largest absolute Gasteiger partial charge is 0.384 e. The number of hydrogen-bond donors (Lipinski definition) is 2. The molecule has 1 atom stereocenters. The molecule has 0 aliphatic carbocycles. The molecule has 0 heterocycles. The second-order valence-corrected chi connectivity index (χ2v) is 4.56. The van der Waals surface area contributed by atoms with Gasteiger partial charge in [0.2, 0.25) is 0 Å². The Labute approximate surface area is 112 Å². The Morgan fingerprint density at radius 3 is 2.33 bits per heavy atom. The maximum Gasteiger partial charge on any atom is 0.106 e. The minimum Gasteiger partial charge on any atom is -0.384 e. The average Bonchev–Trinajstić information content (AvgIpc) is 2.40. The van der Waals surface area contributed by atoms with E-state index < -0.39 is 6.10 Å². The summed E-state index contributed by atoms with van der Waals surface area (Å²) in [5.74, 6) is 0. The van der Waals surface area contributed by atoms with Crippen LogP contribution < -0.4 is 5.32 Å². The second kappa shape index (κ2) is 6.01. The van der Waals surface area contributed by atoms with Crippen molar-refractivity contribution in [3.8, 4) is 0 Å². The van der Waals surface area contributed by atoms with Crippen molar-refractivity contribution >= 4 is 11.6 Å². The van der Waals surface area contributed by atoms with E-state index in [0.29, 0.717) is 5.02 Å². The zero-order valence-electron chi connectivity index (χ0n) is 10.2. The molecule has 0 radical (unpaired) electrons. The van der Waals surface area contributed by atoms with Crippen LogP contribution in [0.5, 0.6) is 0 Å². The van der Waals surface area contributed by atoms with E-state index in [2.05, 4.69) is 5.32 Å². The molecule has 2 aromatic carbocycles. The van der Waals surface area contributed by atoms with Gasteiger partial charge in [0.1, 0.15) is 6.10 Å². The molecular formula is C15H16ClNO. The van der Waals surface area contributed by atoms with Gasteiger partial charge in [-0.2, -0.15) is 0 Å². The van der Waals surface area contributed by atoms with Gasteiger partial charge < -0.3 is 10.4 Å². The summed E-state index contributed by atoms with van der Waals surface area (Å²) in [5, 5.41) is 14.2. The van der Waals surface area contributed by atoms with Crippen molar-refractivity contribution in [2.24, 2.45) is 0 Å². The van der Waals surface area contributed by atoms with Crippen LogP contribution in [0.4, 0.5) is 0 Å². The van der Waals surface area contributed by atoms with Crippen LogP contribution in [-0.2, 0) is 6.54 Å². The molecule has 0 aromatic heterocycles. The van der Waals surface area contributed by atoms with Gasteiger partial charge in [0.25, 0.3) is 0 Å². The predicted molar refractivity (Wildman–Crippen MR) is 74.7 cm³/mol. The lowest BCUT2D eigenvalue weighted by atomic mass is 9.97. The molecule has 3 heteroatoms. The van der Waals surface area contributed by atoms with Crippen molar-refractivity contribution in [1.29, 1.82) is 0 Å². The zero-order chi connectivity index (χ0) is 13.0. The first-order chi connectivity index (χ1) is 8.74. The molecule has 0 bridgehead atoms. The van der Waals surface area contributed by atoms with Gasteiger partial charge >= 0.3 is 0 Å². The van der Waals surface area contributed by atoms with Crippen LogP contribution in [0.15, 0.2) is 48.5 Å². The lowest BCUT2D eigenvalue weighted by Crippen LogP contribution is -2.11. The number of nitrogens with one attached hydrogen (secondary N) is 1. The van der Waals surface area contributed by atoms with E-state index in [9.17, 15) is 5.11 Å². The van der Waals surface area contributed by atoms with Gasteiger partial charge in [-0.05, 0) is 24.2 Å². The van der Waals surface area contributed by atoms with E-state index in [1.165, 1.54) is 0 Å². The Hall–Kier alpha value is -1.35. The van der Waals surface area contributed by atoms with Crippen LogP contribution in [0.25, 0.3) is 0 Å². The highest BCUT2D eigenvalue weighted by Gasteiger charge is 2.16. The molecular weight excluding hydrogens is 246 g/mol. The van der Waals surface area contributed by atoms with Gasteiger partial charge in [-0.3, -0.25) is 0 Å². The third-order valence-corrected chi connectivity index (χ3v) is 3.26. The van der Waals surface area contributed by atoms with Gasteiger partial charge in [0, 0.05) is 17.1 Å². The first kappa shape index (κ1) is 13.1. The summed E-state index contributed by atoms with van der Waals surface area (Å²) in [6.07, 6.45) is -0.691. The molecule has 2 aromatic rings. The Morgan fingerprint density at radius 2 is 1.67 bits per heavy atom. The van der Waals surface area contributed by atoms with E-state index in [-0.39, 0.29) is 0 Å². The fraction of sp³-hybridized carbons (Fsp3) is 0.200. The van der Waals surface area contributed by atoms with Crippen LogP contribution in [0.3, 0.4) is 0 Å². The molecule has 2 N–H and O–H groups in total. The fourth-order valence-corrected chi connectivity index (χ4v) is 2.26. The van der Waals surface area contributed by atoms with Crippen molar-refractivity contribution in [2.45, 2.75) is 12.6 Å². The Kier molecular flexibility index (Phi) is 4.37. The predicted octanol–water partition coefficient (Wildman–Crippen LogP) is 3.14. The Bertz CT molecular complexity index is 527. The van der Waals surface area contributed by atoms with Gasteiger partial charge in [-0.15, -0.1) is 0 Å². The zero-order valence-corrected chi connectivity index (χ0v) is 11.0.